The van der Waals surface area contributed by atoms with Crippen molar-refractivity contribution in [1.29, 1.82) is 0 Å². The first-order valence-electron chi connectivity index (χ1n) is 7.38. The summed E-state index contributed by atoms with van der Waals surface area (Å²) >= 11 is 5.79. The van der Waals surface area contributed by atoms with Crippen LogP contribution in [0.25, 0.3) is 0 Å². The molecule has 146 valence electrons. The summed E-state index contributed by atoms with van der Waals surface area (Å²) in [6, 6.07) is 7.08. The zero-order chi connectivity index (χ0) is 20.2. The van der Waals surface area contributed by atoms with Crippen molar-refractivity contribution >= 4 is 27.3 Å². The van der Waals surface area contributed by atoms with Gasteiger partial charge in [-0.1, -0.05) is 23.7 Å². The van der Waals surface area contributed by atoms with E-state index in [1.54, 1.807) is 12.1 Å². The third-order valence-electron chi connectivity index (χ3n) is 3.25. The number of carbonyl (C=O) groups is 1. The summed E-state index contributed by atoms with van der Waals surface area (Å²) in [6.07, 6.45) is -2.41. The number of amides is 1. The molecule has 6 nitrogen and oxygen atoms in total. The first-order chi connectivity index (χ1) is 12.5. The van der Waals surface area contributed by atoms with Crippen LogP contribution in [0.1, 0.15) is 15.9 Å². The zero-order valence-electron chi connectivity index (χ0n) is 13.9. The highest BCUT2D eigenvalue weighted by Gasteiger charge is 2.29. The van der Waals surface area contributed by atoms with Crippen molar-refractivity contribution in [3.05, 3.63) is 52.7 Å². The Morgan fingerprint density at radius 2 is 1.89 bits per heavy atom. The molecular weight excluding hydrogens is 409 g/mol. The predicted octanol–water partition coefficient (Wildman–Crippen LogP) is 3.01. The number of carbonyl (C=O) groups excluding carboxylic acids is 1. The number of aromatic nitrogens is 1. The van der Waals surface area contributed by atoms with Crippen molar-refractivity contribution in [2.45, 2.75) is 17.6 Å². The summed E-state index contributed by atoms with van der Waals surface area (Å²) in [5.74, 6) is -0.985. The van der Waals surface area contributed by atoms with Gasteiger partial charge < -0.3 is 10.1 Å². The highest BCUT2D eigenvalue weighted by molar-refractivity contribution is 7.90. The number of hydrogen-bond donors (Lipinski definition) is 1. The second kappa shape index (κ2) is 8.13. The zero-order valence-corrected chi connectivity index (χ0v) is 15.5. The molecule has 2 aromatic rings. The van der Waals surface area contributed by atoms with Crippen molar-refractivity contribution < 1.29 is 31.1 Å². The molecule has 1 heterocycles. The van der Waals surface area contributed by atoms with Gasteiger partial charge in [-0.2, -0.15) is 13.2 Å². The van der Waals surface area contributed by atoms with Crippen LogP contribution in [0.15, 0.2) is 41.4 Å². The third-order valence-corrected chi connectivity index (χ3v) is 4.65. The van der Waals surface area contributed by atoms with Gasteiger partial charge in [-0.15, -0.1) is 0 Å². The molecule has 27 heavy (non-hydrogen) atoms. The van der Waals surface area contributed by atoms with E-state index in [0.717, 1.165) is 18.5 Å². The minimum atomic E-state index is -4.53. The van der Waals surface area contributed by atoms with Gasteiger partial charge in [0.2, 0.25) is 5.88 Å². The van der Waals surface area contributed by atoms with Crippen LogP contribution in [-0.4, -0.2) is 38.3 Å². The van der Waals surface area contributed by atoms with Gasteiger partial charge in [0.15, 0.2) is 16.4 Å². The molecule has 0 aliphatic rings. The fourth-order valence-electron chi connectivity index (χ4n) is 1.94. The highest BCUT2D eigenvalue weighted by Crippen LogP contribution is 2.25. The van der Waals surface area contributed by atoms with Gasteiger partial charge in [-0.3, -0.25) is 4.79 Å². The summed E-state index contributed by atoms with van der Waals surface area (Å²) < 4.78 is 63.7. The molecule has 0 saturated carbocycles. The maximum absolute atomic E-state index is 12.1. The van der Waals surface area contributed by atoms with Gasteiger partial charge in [-0.25, -0.2) is 13.4 Å². The van der Waals surface area contributed by atoms with Crippen LogP contribution < -0.4 is 10.1 Å². The number of rotatable bonds is 6. The monoisotopic (exact) mass is 422 g/mol. The molecule has 0 aliphatic carbocycles. The summed E-state index contributed by atoms with van der Waals surface area (Å²) in [4.78, 5) is 15.9. The van der Waals surface area contributed by atoms with Crippen molar-refractivity contribution in [3.8, 4) is 5.88 Å². The van der Waals surface area contributed by atoms with E-state index < -0.39 is 34.4 Å². The second-order valence-electron chi connectivity index (χ2n) is 5.51. The van der Waals surface area contributed by atoms with E-state index in [1.807, 2.05) is 0 Å². The Hall–Kier alpha value is -2.33. The number of benzene rings is 1. The molecule has 0 fully saturated rings. The molecule has 1 aromatic heterocycles. The molecule has 11 heteroatoms. The third kappa shape index (κ3) is 6.40. The normalized spacial score (nSPS) is 11.9. The number of ether oxygens (including phenoxy) is 1. The molecule has 0 aliphatic heterocycles. The lowest BCUT2D eigenvalue weighted by Gasteiger charge is -2.10. The lowest BCUT2D eigenvalue weighted by molar-refractivity contribution is -0.154. The first kappa shape index (κ1) is 21.0. The molecule has 0 unspecified atom stereocenters. The van der Waals surface area contributed by atoms with Crippen LogP contribution in [0.5, 0.6) is 5.88 Å². The number of hydrogen-bond acceptors (Lipinski definition) is 5. The fourth-order valence-corrected chi connectivity index (χ4v) is 2.80. The Bertz CT molecular complexity index is 932. The molecule has 1 N–H and O–H groups in total. The first-order valence-corrected chi connectivity index (χ1v) is 9.65. The summed E-state index contributed by atoms with van der Waals surface area (Å²) in [7, 11) is -3.31. The molecule has 2 rings (SSSR count). The molecule has 0 saturated heterocycles. The Balaban J connectivity index is 1.98. The SMILES string of the molecule is CS(=O)(=O)c1ccc(CNC(=O)c2cnc(OCC(F)(F)F)c(Cl)c2)cc1. The van der Waals surface area contributed by atoms with Crippen LogP contribution in [-0.2, 0) is 16.4 Å². The number of alkyl halides is 3. The smallest absolute Gasteiger partial charge is 0.422 e. The number of pyridine rings is 1. The van der Waals surface area contributed by atoms with E-state index in [2.05, 4.69) is 15.0 Å². The Kier molecular flexibility index (Phi) is 6.32. The maximum atomic E-state index is 12.1. The van der Waals surface area contributed by atoms with Gasteiger partial charge in [0.1, 0.15) is 5.02 Å². The van der Waals surface area contributed by atoms with E-state index in [0.29, 0.717) is 5.56 Å². The Morgan fingerprint density at radius 3 is 2.41 bits per heavy atom. The fraction of sp³-hybridized carbons (Fsp3) is 0.250. The summed E-state index contributed by atoms with van der Waals surface area (Å²) in [6.45, 7) is -1.44. The van der Waals surface area contributed by atoms with Gasteiger partial charge >= 0.3 is 6.18 Å². The standard InChI is InChI=1S/C16H14ClF3N2O4S/c1-27(24,25)12-4-2-10(3-5-12)7-21-14(23)11-6-13(17)15(22-8-11)26-9-16(18,19)20/h2-6,8H,7,9H2,1H3,(H,21,23). The van der Waals surface area contributed by atoms with E-state index in [-0.39, 0.29) is 22.0 Å². The summed E-state index contributed by atoms with van der Waals surface area (Å²) in [5, 5.41) is 2.34. The lowest BCUT2D eigenvalue weighted by atomic mass is 10.2. The van der Waals surface area contributed by atoms with E-state index in [9.17, 15) is 26.4 Å². The number of halogens is 4. The molecule has 1 aromatic carbocycles. The number of nitrogens with one attached hydrogen (secondary N) is 1. The lowest BCUT2D eigenvalue weighted by Crippen LogP contribution is -2.23. The average molecular weight is 423 g/mol. The second-order valence-corrected chi connectivity index (χ2v) is 7.94. The Labute approximate surface area is 158 Å². The van der Waals surface area contributed by atoms with Crippen LogP contribution in [0.4, 0.5) is 13.2 Å². The van der Waals surface area contributed by atoms with Crippen molar-refractivity contribution in [2.75, 3.05) is 12.9 Å². The Morgan fingerprint density at radius 1 is 1.26 bits per heavy atom. The van der Waals surface area contributed by atoms with Gasteiger partial charge in [0, 0.05) is 19.0 Å². The predicted molar refractivity (Wildman–Crippen MR) is 91.5 cm³/mol. The number of nitrogens with zero attached hydrogens (tertiary/aromatic N) is 1. The van der Waals surface area contributed by atoms with Crippen molar-refractivity contribution in [1.82, 2.24) is 10.3 Å². The van der Waals surface area contributed by atoms with E-state index in [1.165, 1.54) is 12.1 Å². The molecule has 1 amide bonds. The molecular formula is C16H14ClF3N2O4S. The molecule has 0 radical (unpaired) electrons. The average Bonchev–Trinajstić information content (AvgIpc) is 2.57. The summed E-state index contributed by atoms with van der Waals surface area (Å²) in [5.41, 5.74) is 0.687. The van der Waals surface area contributed by atoms with Gasteiger partial charge in [0.05, 0.1) is 10.5 Å². The van der Waals surface area contributed by atoms with Crippen LogP contribution in [0.3, 0.4) is 0 Å². The van der Waals surface area contributed by atoms with E-state index >= 15 is 0 Å². The van der Waals surface area contributed by atoms with Crippen molar-refractivity contribution in [3.63, 3.8) is 0 Å². The topological polar surface area (TPSA) is 85.4 Å². The van der Waals surface area contributed by atoms with E-state index in [4.69, 9.17) is 11.6 Å². The molecule has 0 spiro atoms. The highest BCUT2D eigenvalue weighted by atomic mass is 35.5. The minimum Gasteiger partial charge on any atom is -0.467 e. The quantitative estimate of drug-likeness (QED) is 0.773. The van der Waals surface area contributed by atoms with Crippen molar-refractivity contribution in [2.24, 2.45) is 0 Å². The van der Waals surface area contributed by atoms with Gasteiger partial charge in [-0.05, 0) is 23.8 Å². The number of sulfone groups is 1. The van der Waals surface area contributed by atoms with Crippen LogP contribution in [0, 0.1) is 0 Å². The minimum absolute atomic E-state index is 0.0344. The largest absolute Gasteiger partial charge is 0.467 e. The van der Waals surface area contributed by atoms with Crippen LogP contribution in [0.2, 0.25) is 5.02 Å². The van der Waals surface area contributed by atoms with Gasteiger partial charge in [0.25, 0.3) is 5.91 Å². The molecule has 0 bridgehead atoms. The molecule has 0 atom stereocenters. The maximum Gasteiger partial charge on any atom is 0.422 e. The van der Waals surface area contributed by atoms with Crippen LogP contribution >= 0.6 is 11.6 Å².